The standard InChI is InChI=1S/C21H25F4N5O3S/c1-34(31,32)29-7-6-14(11-29)10-26-19-18(22)20(28-13-27-19)30-8-9-33-12-17(30)15-2-4-16(5-3-15)21(23,24)25/h2-5,13-14,17H,6-12H2,1H3,(H-,26,27,28,31,32)/p+1. The monoisotopic (exact) mass is 504 g/mol. The molecule has 13 heteroatoms. The van der Waals surface area contributed by atoms with Crippen LogP contribution in [0.25, 0.3) is 0 Å². The van der Waals surface area contributed by atoms with Crippen molar-refractivity contribution in [3.05, 3.63) is 47.5 Å². The molecule has 1 aromatic heterocycles. The van der Waals surface area contributed by atoms with Gasteiger partial charge in [0.25, 0.3) is 10.4 Å². The van der Waals surface area contributed by atoms with Gasteiger partial charge < -0.3 is 15.0 Å². The number of halogens is 4. The van der Waals surface area contributed by atoms with Gasteiger partial charge in [-0.15, -0.1) is 0 Å². The van der Waals surface area contributed by atoms with Crippen molar-refractivity contribution in [2.45, 2.75) is 18.6 Å². The first kappa shape index (κ1) is 24.8. The quantitative estimate of drug-likeness (QED) is 0.460. The third-order valence-electron chi connectivity index (χ3n) is 6.08. The zero-order chi connectivity index (χ0) is 24.5. The van der Waals surface area contributed by atoms with E-state index in [4.69, 9.17) is 4.74 Å². The van der Waals surface area contributed by atoms with Crippen LogP contribution in [0.2, 0.25) is 0 Å². The Bertz CT molecular complexity index is 1050. The molecule has 4 rings (SSSR count). The SMILES string of the molecule is C[S+](=O)(O)N1CCC(CNc2ncnc(N3CCOCC3c3ccc(C(F)(F)F)cc3)c2F)C1. The maximum Gasteiger partial charge on any atom is 0.416 e. The summed E-state index contributed by atoms with van der Waals surface area (Å²) in [5, 5.41) is 2.97. The van der Waals surface area contributed by atoms with E-state index >= 15 is 4.39 Å². The molecule has 186 valence electrons. The number of anilines is 2. The van der Waals surface area contributed by atoms with E-state index in [0.717, 1.165) is 12.1 Å². The number of alkyl halides is 3. The molecule has 3 heterocycles. The summed E-state index contributed by atoms with van der Waals surface area (Å²) in [5.74, 6) is -0.584. The molecule has 0 bridgehead atoms. The summed E-state index contributed by atoms with van der Waals surface area (Å²) in [6.45, 7) is 2.06. The van der Waals surface area contributed by atoms with Crippen LogP contribution >= 0.6 is 0 Å². The van der Waals surface area contributed by atoms with Crippen molar-refractivity contribution in [1.29, 1.82) is 0 Å². The maximum absolute atomic E-state index is 15.4. The summed E-state index contributed by atoms with van der Waals surface area (Å²) in [6.07, 6.45) is -1.25. The van der Waals surface area contributed by atoms with Gasteiger partial charge in [0.05, 0.1) is 31.4 Å². The minimum absolute atomic E-state index is 0.00217. The van der Waals surface area contributed by atoms with Crippen LogP contribution in [0.1, 0.15) is 23.6 Å². The van der Waals surface area contributed by atoms with Crippen molar-refractivity contribution < 1.29 is 31.1 Å². The Kier molecular flexibility index (Phi) is 7.08. The van der Waals surface area contributed by atoms with Gasteiger partial charge in [-0.3, -0.25) is 0 Å². The minimum Gasteiger partial charge on any atom is -0.377 e. The van der Waals surface area contributed by atoms with E-state index < -0.39 is 34.0 Å². The fraction of sp³-hybridized carbons (Fsp3) is 0.524. The number of ether oxygens (including phenoxy) is 1. The van der Waals surface area contributed by atoms with E-state index in [0.29, 0.717) is 44.8 Å². The van der Waals surface area contributed by atoms with Crippen molar-refractivity contribution in [1.82, 2.24) is 14.3 Å². The van der Waals surface area contributed by atoms with Crippen molar-refractivity contribution in [3.63, 3.8) is 0 Å². The van der Waals surface area contributed by atoms with E-state index in [-0.39, 0.29) is 24.2 Å². The zero-order valence-electron chi connectivity index (χ0n) is 18.5. The average molecular weight is 505 g/mol. The molecule has 0 saturated carbocycles. The Balaban J connectivity index is 1.49. The molecule has 2 aliphatic heterocycles. The highest BCUT2D eigenvalue weighted by Crippen LogP contribution is 2.34. The van der Waals surface area contributed by atoms with E-state index in [2.05, 4.69) is 15.3 Å². The summed E-state index contributed by atoms with van der Waals surface area (Å²) in [6, 6.07) is 4.21. The maximum atomic E-state index is 15.4. The molecule has 2 N–H and O–H groups in total. The average Bonchev–Trinajstić information content (AvgIpc) is 3.28. The molecule has 2 aromatic rings. The van der Waals surface area contributed by atoms with Crippen molar-refractivity contribution >= 4 is 22.0 Å². The largest absolute Gasteiger partial charge is 0.416 e. The normalized spacial score (nSPS) is 23.6. The lowest BCUT2D eigenvalue weighted by atomic mass is 10.0. The van der Waals surface area contributed by atoms with Crippen LogP contribution < -0.4 is 10.2 Å². The lowest BCUT2D eigenvalue weighted by molar-refractivity contribution is -0.137. The van der Waals surface area contributed by atoms with Gasteiger partial charge >= 0.3 is 6.18 Å². The molecule has 8 nitrogen and oxygen atoms in total. The lowest BCUT2D eigenvalue weighted by Gasteiger charge is -2.37. The zero-order valence-corrected chi connectivity index (χ0v) is 19.3. The highest BCUT2D eigenvalue weighted by molar-refractivity contribution is 7.94. The molecule has 0 amide bonds. The Morgan fingerprint density at radius 2 is 1.97 bits per heavy atom. The third-order valence-corrected chi connectivity index (χ3v) is 7.37. The molecule has 0 aliphatic carbocycles. The van der Waals surface area contributed by atoms with E-state index in [1.54, 1.807) is 4.90 Å². The first-order valence-corrected chi connectivity index (χ1v) is 12.6. The predicted molar refractivity (Wildman–Crippen MR) is 119 cm³/mol. The molecule has 0 spiro atoms. The Morgan fingerprint density at radius 3 is 2.62 bits per heavy atom. The van der Waals surface area contributed by atoms with Crippen LogP contribution in [0, 0.1) is 11.7 Å². The molecule has 34 heavy (non-hydrogen) atoms. The van der Waals surface area contributed by atoms with E-state index in [9.17, 15) is 21.9 Å². The molecule has 1 aromatic carbocycles. The van der Waals surface area contributed by atoms with Gasteiger partial charge in [0.2, 0.25) is 5.82 Å². The van der Waals surface area contributed by atoms with Gasteiger partial charge in [0.1, 0.15) is 6.33 Å². The number of nitrogens with one attached hydrogen (secondary N) is 1. The molecule has 2 aliphatic rings. The third kappa shape index (κ3) is 5.48. The van der Waals surface area contributed by atoms with E-state index in [1.165, 1.54) is 29.0 Å². The Hall–Kier alpha value is -2.35. The summed E-state index contributed by atoms with van der Waals surface area (Å²) in [7, 11) is -3.02. The summed E-state index contributed by atoms with van der Waals surface area (Å²) in [4.78, 5) is 9.77. The van der Waals surface area contributed by atoms with Gasteiger partial charge in [0, 0.05) is 19.6 Å². The predicted octanol–water partition coefficient (Wildman–Crippen LogP) is 3.46. The highest BCUT2D eigenvalue weighted by Gasteiger charge is 2.37. The summed E-state index contributed by atoms with van der Waals surface area (Å²) >= 11 is 0. The molecule has 3 unspecified atom stereocenters. The van der Waals surface area contributed by atoms with Crippen LogP contribution in [0.15, 0.2) is 30.6 Å². The van der Waals surface area contributed by atoms with Crippen molar-refractivity contribution in [3.8, 4) is 0 Å². The van der Waals surface area contributed by atoms with Gasteiger partial charge in [0.15, 0.2) is 17.9 Å². The second-order valence-electron chi connectivity index (χ2n) is 8.45. The fourth-order valence-corrected chi connectivity index (χ4v) is 5.16. The number of benzene rings is 1. The van der Waals surface area contributed by atoms with Crippen LogP contribution in [0.4, 0.5) is 29.2 Å². The van der Waals surface area contributed by atoms with Crippen LogP contribution in [-0.4, -0.2) is 64.5 Å². The number of hydrogen-bond acceptors (Lipinski definition) is 6. The minimum atomic E-state index is -4.44. The molecule has 2 saturated heterocycles. The number of nitrogens with zero attached hydrogens (tertiary/aromatic N) is 4. The van der Waals surface area contributed by atoms with Crippen molar-refractivity contribution in [2.24, 2.45) is 5.92 Å². The topological polar surface area (TPSA) is 90.8 Å². The molecule has 2 fully saturated rings. The molecular formula is C21H26F4N5O3S+. The smallest absolute Gasteiger partial charge is 0.377 e. The second-order valence-corrected chi connectivity index (χ2v) is 10.5. The van der Waals surface area contributed by atoms with Gasteiger partial charge in [-0.05, 0) is 34.2 Å². The first-order valence-electron chi connectivity index (χ1n) is 10.8. The van der Waals surface area contributed by atoms with Gasteiger partial charge in [-0.25, -0.2) is 9.97 Å². The van der Waals surface area contributed by atoms with Crippen LogP contribution in [-0.2, 0) is 25.5 Å². The Morgan fingerprint density at radius 1 is 1.24 bits per heavy atom. The molecule has 3 atom stereocenters. The first-order chi connectivity index (χ1) is 16.0. The molecule has 0 radical (unpaired) electrons. The number of rotatable bonds is 6. The van der Waals surface area contributed by atoms with Gasteiger partial charge in [-0.2, -0.15) is 22.1 Å². The molecular weight excluding hydrogens is 478 g/mol. The number of hydrogen-bond donors (Lipinski definition) is 2. The van der Waals surface area contributed by atoms with Crippen LogP contribution in [0.5, 0.6) is 0 Å². The summed E-state index contributed by atoms with van der Waals surface area (Å²) < 4.78 is 82.7. The highest BCUT2D eigenvalue weighted by atomic mass is 32.3. The van der Waals surface area contributed by atoms with Crippen LogP contribution in [0.3, 0.4) is 0 Å². The number of aromatic nitrogens is 2. The second kappa shape index (κ2) is 9.72. The Labute approximate surface area is 195 Å². The summed E-state index contributed by atoms with van der Waals surface area (Å²) in [5.41, 5.74) is -0.205. The van der Waals surface area contributed by atoms with Crippen molar-refractivity contribution in [2.75, 3.05) is 55.9 Å². The fourth-order valence-electron chi connectivity index (χ4n) is 4.22. The lowest BCUT2D eigenvalue weighted by Crippen LogP contribution is -2.40. The number of morpholine rings is 1. The van der Waals surface area contributed by atoms with E-state index in [1.807, 2.05) is 0 Å². The van der Waals surface area contributed by atoms with Gasteiger partial charge in [-0.1, -0.05) is 16.4 Å².